The number of pyridine rings is 1. The Balaban J connectivity index is 0.00000492. The summed E-state index contributed by atoms with van der Waals surface area (Å²) in [6.07, 6.45) is 13.4. The largest absolute Gasteiger partial charge is 1.00 e. The number of allylic oxidation sites excluding steroid dienone is 6. The number of unbranched alkanes of at least 4 members (excludes halogenated alkanes) is 2. The normalized spacial score (nSPS) is 15.7. The van der Waals surface area contributed by atoms with Crippen molar-refractivity contribution < 1.29 is 151 Å². The SMILES string of the molecule is CC1(C)C2=CC(C#Cc3ccc(S(=O)(=O)[O-])cc3)=CN(CCCCCC(=O)Nc3nc(Cl)nc(Cl)n3)C2=N/C1=C\C=C\C1=Nc2c(cc(C#Cc3ccc(S(=O)(=O)[O-])cc3)c[n+]2Cc2ccc(S(=O)(=O)[O-])cc2)C1(C)C.[K+].[K+]. The van der Waals surface area contributed by atoms with E-state index in [1.54, 1.807) is 18.3 Å². The van der Waals surface area contributed by atoms with E-state index in [4.69, 9.17) is 33.2 Å². The fourth-order valence-electron chi connectivity index (χ4n) is 8.35. The zero-order valence-corrected chi connectivity index (χ0v) is 53.1. The van der Waals surface area contributed by atoms with Gasteiger partial charge in [-0.3, -0.25) is 10.1 Å². The number of amides is 1. The van der Waals surface area contributed by atoms with Gasteiger partial charge in [-0.25, -0.2) is 34.8 Å². The monoisotopic (exact) mass is 1200 g/mol. The Kier molecular flexibility index (Phi) is 21.0. The Hall–Kier alpha value is -3.91. The second-order valence-electron chi connectivity index (χ2n) is 18.6. The van der Waals surface area contributed by atoms with Gasteiger partial charge < -0.3 is 18.6 Å². The summed E-state index contributed by atoms with van der Waals surface area (Å²) in [6.45, 7) is 8.89. The minimum atomic E-state index is -4.67. The zero-order chi connectivity index (χ0) is 54.8. The number of carbonyl (C=O) groups excluding carboxylic acids is 1. The minimum Gasteiger partial charge on any atom is -0.744 e. The number of anilines is 1. The molecular formula is C53H44Cl2K2N8O10S3. The first-order valence-electron chi connectivity index (χ1n) is 23.2. The number of aromatic nitrogens is 4. The molecule has 25 heteroatoms. The third kappa shape index (κ3) is 15.8. The molecule has 0 saturated carbocycles. The number of rotatable bonds is 14. The standard InChI is InChI=1S/C53H46Cl2N8O10S3.2K/c1-52(2)42-29-37(14-12-34-16-22-39(23-17-34)74(65,66)67)32-62(28-7-5-6-11-46(64)58-51-60-49(54)59-50(55)61-51)47(42)56-44(52)9-8-10-45-53(3,4)43-30-38(15-13-35-18-24-40(25-19-35)75(68,69)70)33-63(48(43)57-45)31-36-20-26-41(27-21-36)76(71,72)73;;/h8-10,16-27,29-30,32-33H,5-7,11,28,31H2,1-4H3,(H3-,58,59,60,61,64,65,66,67,68,69,70,71,72,73);;/q;2*+1/p-2. The molecule has 0 saturated heterocycles. The van der Waals surface area contributed by atoms with E-state index in [2.05, 4.69) is 57.8 Å². The Bertz CT molecular complexity index is 3860. The molecule has 2 aromatic heterocycles. The van der Waals surface area contributed by atoms with E-state index in [-0.39, 0.29) is 153 Å². The summed E-state index contributed by atoms with van der Waals surface area (Å²) in [5.74, 6) is 13.4. The first kappa shape index (κ1) is 63.3. The summed E-state index contributed by atoms with van der Waals surface area (Å²) in [6, 6.07) is 18.2. The van der Waals surface area contributed by atoms with E-state index in [9.17, 15) is 43.7 Å². The topological polar surface area (TPSA) is 271 Å². The van der Waals surface area contributed by atoms with Gasteiger partial charge in [0.1, 0.15) is 48.9 Å². The molecule has 1 N–H and O–H groups in total. The number of hydrogen-bond donors (Lipinski definition) is 1. The van der Waals surface area contributed by atoms with Gasteiger partial charge in [-0.05, 0) is 145 Å². The number of hydrogen-bond acceptors (Lipinski definition) is 16. The molecule has 0 aliphatic carbocycles. The molecule has 5 heterocycles. The molecule has 0 radical (unpaired) electrons. The number of halogens is 2. The van der Waals surface area contributed by atoms with Crippen LogP contribution in [0.1, 0.15) is 81.2 Å². The van der Waals surface area contributed by atoms with Crippen LogP contribution in [-0.4, -0.2) is 82.8 Å². The van der Waals surface area contributed by atoms with Crippen molar-refractivity contribution in [3.8, 4) is 23.7 Å². The maximum atomic E-state index is 12.7. The maximum Gasteiger partial charge on any atom is 1.00 e. The van der Waals surface area contributed by atoms with E-state index in [0.29, 0.717) is 65.2 Å². The Morgan fingerprint density at radius 1 is 0.705 bits per heavy atom. The predicted molar refractivity (Wildman–Crippen MR) is 280 cm³/mol. The molecule has 3 aliphatic heterocycles. The fraction of sp³-hybridized carbons (Fsp3) is 0.226. The molecule has 3 aromatic carbocycles. The number of amidine groups is 1. The van der Waals surface area contributed by atoms with E-state index < -0.39 is 41.2 Å². The van der Waals surface area contributed by atoms with Crippen molar-refractivity contribution in [2.24, 2.45) is 15.4 Å². The van der Waals surface area contributed by atoms with Crippen molar-refractivity contribution in [3.63, 3.8) is 0 Å². The Morgan fingerprint density at radius 3 is 1.81 bits per heavy atom. The van der Waals surface area contributed by atoms with E-state index in [1.165, 1.54) is 60.7 Å². The van der Waals surface area contributed by atoms with Crippen LogP contribution in [0, 0.1) is 29.1 Å². The molecule has 0 atom stereocenters. The Labute approximate surface area is 547 Å². The van der Waals surface area contributed by atoms with Crippen LogP contribution in [0.15, 0.2) is 157 Å². The third-order valence-electron chi connectivity index (χ3n) is 12.5. The van der Waals surface area contributed by atoms with Gasteiger partial charge in [-0.1, -0.05) is 62.2 Å². The van der Waals surface area contributed by atoms with E-state index in [1.807, 2.05) is 59.9 Å². The molecule has 0 fully saturated rings. The second kappa shape index (κ2) is 25.9. The maximum absolute atomic E-state index is 12.7. The van der Waals surface area contributed by atoms with Crippen LogP contribution in [-0.2, 0) is 47.1 Å². The molecule has 3 aliphatic rings. The first-order valence-corrected chi connectivity index (χ1v) is 28.2. The quantitative estimate of drug-likeness (QED) is 0.0539. The van der Waals surface area contributed by atoms with Crippen LogP contribution >= 0.6 is 23.2 Å². The van der Waals surface area contributed by atoms with Crippen molar-refractivity contribution >= 4 is 82.8 Å². The summed E-state index contributed by atoms with van der Waals surface area (Å²) in [7, 11) is -13.9. The molecular weight excluding hydrogens is 1150 g/mol. The van der Waals surface area contributed by atoms with E-state index >= 15 is 0 Å². The summed E-state index contributed by atoms with van der Waals surface area (Å²) >= 11 is 11.7. The zero-order valence-electron chi connectivity index (χ0n) is 42.9. The van der Waals surface area contributed by atoms with Crippen molar-refractivity contribution in [2.75, 3.05) is 11.9 Å². The smallest absolute Gasteiger partial charge is 0.744 e. The molecule has 0 spiro atoms. The third-order valence-corrected chi connectivity index (χ3v) is 15.4. The van der Waals surface area contributed by atoms with Gasteiger partial charge in [0.2, 0.25) is 22.4 Å². The molecule has 0 bridgehead atoms. The summed E-state index contributed by atoms with van der Waals surface area (Å²) in [5.41, 5.74) is 4.77. The molecule has 78 heavy (non-hydrogen) atoms. The number of aliphatic imine (C=N–C) groups is 2. The molecule has 18 nitrogen and oxygen atoms in total. The summed E-state index contributed by atoms with van der Waals surface area (Å²) < 4.78 is 106. The predicted octanol–water partition coefficient (Wildman–Crippen LogP) is 1.25. The Morgan fingerprint density at radius 2 is 1.24 bits per heavy atom. The van der Waals surface area contributed by atoms with Crippen molar-refractivity contribution in [3.05, 3.63) is 171 Å². The van der Waals surface area contributed by atoms with Crippen LogP contribution in [0.4, 0.5) is 11.8 Å². The fourth-order valence-corrected chi connectivity index (χ4v) is 10.1. The molecule has 390 valence electrons. The molecule has 8 rings (SSSR count). The number of nitrogens with one attached hydrogen (secondary N) is 1. The number of nitrogens with zero attached hydrogens (tertiary/aromatic N) is 7. The molecule has 0 unspecified atom stereocenters. The van der Waals surface area contributed by atoms with Crippen molar-refractivity contribution in [1.29, 1.82) is 0 Å². The van der Waals surface area contributed by atoms with Gasteiger partial charge in [0.05, 0.1) is 36.9 Å². The summed E-state index contributed by atoms with van der Waals surface area (Å²) in [5, 5.41) is 2.28. The van der Waals surface area contributed by atoms with Crippen LogP contribution in [0.5, 0.6) is 0 Å². The van der Waals surface area contributed by atoms with Crippen LogP contribution in [0.3, 0.4) is 0 Å². The number of carbonyl (C=O) groups is 1. The molecule has 5 aromatic rings. The minimum absolute atomic E-state index is 0. The average molecular weight is 1200 g/mol. The summed E-state index contributed by atoms with van der Waals surface area (Å²) in [4.78, 5) is 35.3. The van der Waals surface area contributed by atoms with Gasteiger partial charge in [-0.2, -0.15) is 15.0 Å². The van der Waals surface area contributed by atoms with Gasteiger partial charge in [0, 0.05) is 46.9 Å². The van der Waals surface area contributed by atoms with Crippen LogP contribution in [0.2, 0.25) is 10.6 Å². The first-order chi connectivity index (χ1) is 35.7. The van der Waals surface area contributed by atoms with E-state index in [0.717, 1.165) is 22.7 Å². The van der Waals surface area contributed by atoms with Gasteiger partial charge in [0.25, 0.3) is 0 Å². The van der Waals surface area contributed by atoms with Gasteiger partial charge in [-0.15, -0.1) is 0 Å². The van der Waals surface area contributed by atoms with Crippen molar-refractivity contribution in [1.82, 2.24) is 19.9 Å². The second-order valence-corrected chi connectivity index (χ2v) is 23.4. The average Bonchev–Trinajstić information content (AvgIpc) is 3.96. The van der Waals surface area contributed by atoms with Gasteiger partial charge >= 0.3 is 109 Å². The van der Waals surface area contributed by atoms with Crippen LogP contribution < -0.4 is 113 Å². The van der Waals surface area contributed by atoms with Crippen LogP contribution in [0.25, 0.3) is 0 Å². The number of benzene rings is 3. The van der Waals surface area contributed by atoms with Gasteiger partial charge in [0.15, 0.2) is 5.71 Å². The number of fused-ring (bicyclic) bond motifs is 2. The van der Waals surface area contributed by atoms with Crippen molar-refractivity contribution in [2.45, 2.75) is 80.0 Å². The molecule has 1 amide bonds.